The second-order valence-corrected chi connectivity index (χ2v) is 24.8. The normalized spacial score (nSPS) is 12.7. The van der Waals surface area contributed by atoms with Gasteiger partial charge in [-0.2, -0.15) is 26.3 Å². The molecule has 0 spiro atoms. The molecule has 2 atom stereocenters. The van der Waals surface area contributed by atoms with E-state index in [0.717, 1.165) is 0 Å². The second-order valence-electron chi connectivity index (χ2n) is 15.5. The first-order valence-corrected chi connectivity index (χ1v) is 29.3. The van der Waals surface area contributed by atoms with Crippen molar-refractivity contribution in [2.75, 3.05) is 26.4 Å². The van der Waals surface area contributed by atoms with Gasteiger partial charge in [0.1, 0.15) is 23.0 Å². The third-order valence-electron chi connectivity index (χ3n) is 10.1. The largest absolute Gasteiger partial charge is 0.506 e. The number of hydrogen-bond donors (Lipinski definition) is 6. The molecular weight excluding hydrogens is 1910 g/mol. The Kier molecular flexibility index (Phi) is 25.3. The Balaban J connectivity index is 1.85. The van der Waals surface area contributed by atoms with Crippen molar-refractivity contribution in [2.24, 2.45) is 16.9 Å². The van der Waals surface area contributed by atoms with Crippen LogP contribution in [0.1, 0.15) is 30.4 Å². The quantitative estimate of drug-likeness (QED) is 0.0157. The number of primary amides is 2. The van der Waals surface area contributed by atoms with E-state index in [0.29, 0.717) is 28.6 Å². The maximum Gasteiger partial charge on any atom is 0.471 e. The molecule has 0 saturated heterocycles. The molecule has 4 aromatic rings. The zero-order valence-electron chi connectivity index (χ0n) is 37.1. The molecule has 0 heterocycles. The fourth-order valence-corrected chi connectivity index (χ4v) is 14.2. The SMILES string of the molecule is NC(=O)CCOCCCCOCC(C(N)=O)(C(=O)[C@H](Cc1cc(I)c(Oc2cc(I)c(O)c(I)c2)c(I)c1)NC(=O)C(F)(F)F)C(=O)[C@H](Cc1cc(I)c(Oc2cc(I)c(O)c(I)c2)c(I)c1)NC(=O)C(F)(F)F. The maximum atomic E-state index is 15.2. The van der Waals surface area contributed by atoms with Gasteiger partial charge in [-0.15, -0.1) is 0 Å². The number of alkyl halides is 6. The molecule has 0 aliphatic carbocycles. The maximum absolute atomic E-state index is 15.2. The van der Waals surface area contributed by atoms with E-state index in [9.17, 15) is 55.7 Å². The molecule has 0 aliphatic rings. The summed E-state index contributed by atoms with van der Waals surface area (Å²) in [5.74, 6) is -10.6. The number of aromatic hydroxyl groups is 2. The molecule has 8 N–H and O–H groups in total. The van der Waals surface area contributed by atoms with Gasteiger partial charge in [0.15, 0.2) is 28.5 Å². The average Bonchev–Trinajstić information content (AvgIpc) is 3.28. The molecule has 0 radical (unpaired) electrons. The lowest BCUT2D eigenvalue weighted by atomic mass is 9.72. The lowest BCUT2D eigenvalue weighted by molar-refractivity contribution is -0.176. The fourth-order valence-electron chi connectivity index (χ4n) is 6.54. The summed E-state index contributed by atoms with van der Waals surface area (Å²) < 4.78 is 111. The van der Waals surface area contributed by atoms with Crippen LogP contribution in [0.2, 0.25) is 0 Å². The minimum absolute atomic E-state index is 0.00404. The first-order chi connectivity index (χ1) is 34.4. The van der Waals surface area contributed by atoms with Crippen LogP contribution in [0.4, 0.5) is 26.3 Å². The van der Waals surface area contributed by atoms with Gasteiger partial charge >= 0.3 is 24.2 Å². The van der Waals surface area contributed by atoms with Crippen molar-refractivity contribution in [1.82, 2.24) is 10.6 Å². The van der Waals surface area contributed by atoms with Gasteiger partial charge in [0, 0.05) is 19.6 Å². The molecule has 30 heteroatoms. The predicted molar refractivity (Wildman–Crippen MR) is 321 cm³/mol. The van der Waals surface area contributed by atoms with Crippen LogP contribution in [0, 0.1) is 34.0 Å². The Hall–Kier alpha value is -1.36. The molecular formula is C44H36F6I8N4O12. The number of phenols is 2. The number of benzene rings is 4. The first kappa shape index (κ1) is 65.2. The number of halogens is 14. The van der Waals surface area contributed by atoms with Gasteiger partial charge in [-0.3, -0.25) is 28.8 Å². The number of amides is 4. The molecule has 0 bridgehead atoms. The lowest BCUT2D eigenvalue weighted by Gasteiger charge is -2.34. The Morgan fingerprint density at radius 2 is 0.865 bits per heavy atom. The van der Waals surface area contributed by atoms with Crippen molar-refractivity contribution in [2.45, 2.75) is 56.5 Å². The number of ketones is 2. The topological polar surface area (TPSA) is 256 Å². The fraction of sp³-hybridized carbons (Fsp3) is 0.318. The third kappa shape index (κ3) is 18.1. The molecule has 0 fully saturated rings. The Morgan fingerprint density at radius 3 is 1.18 bits per heavy atom. The highest BCUT2D eigenvalue weighted by Gasteiger charge is 2.57. The summed E-state index contributed by atoms with van der Waals surface area (Å²) in [4.78, 5) is 80.8. The van der Waals surface area contributed by atoms with Crippen molar-refractivity contribution < 1.29 is 84.3 Å². The van der Waals surface area contributed by atoms with Crippen LogP contribution < -0.4 is 31.6 Å². The number of Topliss-reactive ketones (excluding diaryl/α,β-unsaturated/α-hetero) is 2. The highest BCUT2D eigenvalue weighted by atomic mass is 127. The number of hydrogen-bond acceptors (Lipinski definition) is 12. The molecule has 402 valence electrons. The van der Waals surface area contributed by atoms with Crippen molar-refractivity contribution in [3.63, 3.8) is 0 Å². The summed E-state index contributed by atoms with van der Waals surface area (Å²) in [6, 6.07) is 6.57. The van der Waals surface area contributed by atoms with Gasteiger partial charge in [0.25, 0.3) is 0 Å². The van der Waals surface area contributed by atoms with E-state index >= 15 is 9.59 Å². The van der Waals surface area contributed by atoms with Gasteiger partial charge < -0.3 is 51.3 Å². The standard InChI is InChI=1S/C44H36F6I8N4O12/c45-43(46,47)40(69)61-30(11-18-7-26(55)35(27(56)8-18)73-20-13-22(51)33(64)23(52)14-20)37(66)42(39(60)68,17-72-5-2-1-4-71-6-3-32(59)63)38(67)31(62-41(70)44(48,49)50)12-19-9-28(57)36(29(58)10-19)74-21-15-24(53)34(65)25(54)16-21/h7-10,13-16,30-31,64-65H,1-6,11-12,17H2,(H2,59,63)(H2,60,68)(H,61,69)(H,62,70)/t30-,31-/m0/s1. The number of unbranched alkanes of at least 4 members (excludes halogenated alkanes) is 1. The first-order valence-electron chi connectivity index (χ1n) is 20.6. The number of nitrogens with two attached hydrogens (primary N) is 2. The van der Waals surface area contributed by atoms with E-state index in [1.54, 1.807) is 0 Å². The highest BCUT2D eigenvalue weighted by Crippen LogP contribution is 2.40. The van der Waals surface area contributed by atoms with Crippen molar-refractivity contribution in [1.29, 1.82) is 0 Å². The summed E-state index contributed by atoms with van der Waals surface area (Å²) in [5, 5.41) is 23.5. The molecule has 4 amide bonds. The van der Waals surface area contributed by atoms with Gasteiger partial charge in [0.2, 0.25) is 11.8 Å². The van der Waals surface area contributed by atoms with E-state index < -0.39 is 91.1 Å². The summed E-state index contributed by atoms with van der Waals surface area (Å²) in [6.45, 7) is -1.80. The lowest BCUT2D eigenvalue weighted by Crippen LogP contribution is -2.65. The second kappa shape index (κ2) is 28.7. The van der Waals surface area contributed by atoms with E-state index in [1.165, 1.54) is 59.2 Å². The third-order valence-corrected chi connectivity index (χ3v) is 16.6. The number of ether oxygens (including phenoxy) is 4. The molecule has 74 heavy (non-hydrogen) atoms. The van der Waals surface area contributed by atoms with Crippen LogP contribution in [-0.4, -0.2) is 96.3 Å². The molecule has 0 aromatic heterocycles. The summed E-state index contributed by atoms with van der Waals surface area (Å²) in [7, 11) is 0. The van der Waals surface area contributed by atoms with Crippen molar-refractivity contribution in [3.8, 4) is 34.5 Å². The van der Waals surface area contributed by atoms with E-state index in [-0.39, 0.29) is 78.1 Å². The Bertz CT molecular complexity index is 2560. The average molecular weight is 1940 g/mol. The number of rotatable bonds is 25. The summed E-state index contributed by atoms with van der Waals surface area (Å²) >= 11 is 14.9. The molecule has 16 nitrogen and oxygen atoms in total. The minimum Gasteiger partial charge on any atom is -0.506 e. The van der Waals surface area contributed by atoms with E-state index in [2.05, 4.69) is 0 Å². The zero-order valence-corrected chi connectivity index (χ0v) is 54.3. The van der Waals surface area contributed by atoms with Gasteiger partial charge in [-0.1, -0.05) is 0 Å². The van der Waals surface area contributed by atoms with Crippen LogP contribution in [-0.2, 0) is 51.1 Å². The van der Waals surface area contributed by atoms with Crippen molar-refractivity contribution >= 4 is 216 Å². The van der Waals surface area contributed by atoms with E-state index in [1.807, 2.05) is 181 Å². The predicted octanol–water partition coefficient (Wildman–Crippen LogP) is 9.70. The Labute approximate surface area is 526 Å². The monoisotopic (exact) mass is 1940 g/mol. The van der Waals surface area contributed by atoms with Crippen LogP contribution in [0.5, 0.6) is 34.5 Å². The summed E-state index contributed by atoms with van der Waals surface area (Å²) in [6.07, 6.45) is -12.9. The summed E-state index contributed by atoms with van der Waals surface area (Å²) in [5.41, 5.74) is 7.51. The van der Waals surface area contributed by atoms with Gasteiger partial charge in [-0.05, 0) is 266 Å². The molecule has 4 rings (SSSR count). The van der Waals surface area contributed by atoms with Crippen LogP contribution >= 0.6 is 181 Å². The van der Waals surface area contributed by atoms with Crippen LogP contribution in [0.15, 0.2) is 48.5 Å². The molecule has 4 aromatic carbocycles. The van der Waals surface area contributed by atoms with E-state index in [4.69, 9.17) is 30.4 Å². The van der Waals surface area contributed by atoms with Crippen LogP contribution in [0.3, 0.4) is 0 Å². The van der Waals surface area contributed by atoms with Gasteiger partial charge in [0.05, 0.1) is 53.9 Å². The number of phenolic OH excluding ortho intramolecular Hbond substituents is 2. The smallest absolute Gasteiger partial charge is 0.471 e. The van der Waals surface area contributed by atoms with Gasteiger partial charge in [-0.25, -0.2) is 0 Å². The molecule has 0 unspecified atom stereocenters. The van der Waals surface area contributed by atoms with Crippen LogP contribution in [0.25, 0.3) is 0 Å². The number of nitrogens with one attached hydrogen (secondary N) is 2. The molecule has 0 aliphatic heterocycles. The minimum atomic E-state index is -5.67. The number of carbonyl (C=O) groups excluding carboxylic acids is 6. The highest BCUT2D eigenvalue weighted by molar-refractivity contribution is 14.1. The van der Waals surface area contributed by atoms with Crippen molar-refractivity contribution in [3.05, 3.63) is 88.2 Å². The number of carbonyl (C=O) groups is 6. The Morgan fingerprint density at radius 1 is 0.527 bits per heavy atom. The zero-order chi connectivity index (χ0) is 55.6. The molecule has 0 saturated carbocycles.